The van der Waals surface area contributed by atoms with Crippen molar-refractivity contribution < 1.29 is 24.2 Å². The molecule has 0 unspecified atom stereocenters. The smallest absolute Gasteiger partial charge is 0.272 e. The van der Waals surface area contributed by atoms with Crippen molar-refractivity contribution in [3.63, 3.8) is 0 Å². The van der Waals surface area contributed by atoms with Crippen molar-refractivity contribution in [1.29, 1.82) is 0 Å². The summed E-state index contributed by atoms with van der Waals surface area (Å²) in [5.41, 5.74) is -1.26. The molecule has 4 rings (SSSR count). The van der Waals surface area contributed by atoms with Gasteiger partial charge >= 0.3 is 0 Å². The first-order valence-electron chi connectivity index (χ1n) is 10.6. The first-order valence-corrected chi connectivity index (χ1v) is 10.9. The number of halogens is 1. The normalized spacial score (nSPS) is 19.6. The van der Waals surface area contributed by atoms with Crippen LogP contribution in [0.5, 0.6) is 0 Å². The second-order valence-corrected chi connectivity index (χ2v) is 8.59. The molecule has 0 aromatic heterocycles. The molecule has 0 radical (unpaired) electrons. The van der Waals surface area contributed by atoms with Gasteiger partial charge in [-0.15, -0.1) is 0 Å². The van der Waals surface area contributed by atoms with Crippen molar-refractivity contribution in [2.45, 2.75) is 32.2 Å². The predicted molar refractivity (Wildman–Crippen MR) is 118 cm³/mol. The summed E-state index contributed by atoms with van der Waals surface area (Å²) in [4.78, 5) is 61.7. The van der Waals surface area contributed by atoms with E-state index < -0.39 is 57.3 Å². The summed E-state index contributed by atoms with van der Waals surface area (Å²) in [6.45, 7) is -0.532. The Bertz CT molecular complexity index is 1190. The largest absolute Gasteiger partial charge is 0.282 e. The Hall–Kier alpha value is -3.86. The summed E-state index contributed by atoms with van der Waals surface area (Å²) in [5.74, 6) is -3.35. The number of para-hydroxylation sites is 1. The fourth-order valence-corrected chi connectivity index (χ4v) is 4.74. The standard InChI is InChI=1S/C22H19ClN4O7/c23-14-10-9-13(19(11-14)27(33)34)12-24(20(28)17-7-3-4-8-18(17)26(31)32)25-21(29)15-5-1-2-6-16(15)22(25)30/h3-4,7-11,15-16H,1-2,5-6,12H2/t15-,16-/m1/s1. The van der Waals surface area contributed by atoms with Crippen molar-refractivity contribution >= 4 is 40.7 Å². The van der Waals surface area contributed by atoms with Crippen LogP contribution >= 0.6 is 11.6 Å². The number of carbonyl (C=O) groups is 3. The highest BCUT2D eigenvalue weighted by molar-refractivity contribution is 6.30. The lowest BCUT2D eigenvalue weighted by Crippen LogP contribution is -2.50. The van der Waals surface area contributed by atoms with E-state index in [4.69, 9.17) is 11.6 Å². The van der Waals surface area contributed by atoms with Crippen LogP contribution in [0.15, 0.2) is 42.5 Å². The van der Waals surface area contributed by atoms with Crippen LogP contribution in [0.25, 0.3) is 0 Å². The number of nitro groups is 2. The highest BCUT2D eigenvalue weighted by Crippen LogP contribution is 2.40. The maximum absolute atomic E-state index is 13.6. The van der Waals surface area contributed by atoms with Gasteiger partial charge in [0.15, 0.2) is 0 Å². The van der Waals surface area contributed by atoms with Crippen LogP contribution < -0.4 is 0 Å². The SMILES string of the molecule is O=C(c1ccccc1[N+](=O)[O-])N(Cc1ccc(Cl)cc1[N+](=O)[O-])N1C(=O)[C@@H]2CCCC[C@H]2C1=O. The molecule has 1 saturated carbocycles. The summed E-state index contributed by atoms with van der Waals surface area (Å²) >= 11 is 5.89. The van der Waals surface area contributed by atoms with Crippen molar-refractivity contribution in [2.24, 2.45) is 11.8 Å². The van der Waals surface area contributed by atoms with Crippen LogP contribution in [0.3, 0.4) is 0 Å². The number of hydrogen-bond acceptors (Lipinski definition) is 7. The average Bonchev–Trinajstić information content (AvgIpc) is 3.08. The third-order valence-corrected chi connectivity index (χ3v) is 6.42. The lowest BCUT2D eigenvalue weighted by molar-refractivity contribution is -0.385. The zero-order valence-corrected chi connectivity index (χ0v) is 18.5. The number of hydrazine groups is 1. The van der Waals surface area contributed by atoms with Gasteiger partial charge < -0.3 is 0 Å². The number of fused-ring (bicyclic) bond motifs is 1. The molecule has 2 atom stereocenters. The fraction of sp³-hybridized carbons (Fsp3) is 0.318. The monoisotopic (exact) mass is 486 g/mol. The predicted octanol–water partition coefficient (Wildman–Crippen LogP) is 3.89. The molecular weight excluding hydrogens is 468 g/mol. The molecule has 12 heteroatoms. The molecule has 1 heterocycles. The Labute approximate surface area is 198 Å². The third-order valence-electron chi connectivity index (χ3n) is 6.19. The molecule has 1 aliphatic carbocycles. The number of imide groups is 1. The van der Waals surface area contributed by atoms with E-state index >= 15 is 0 Å². The van der Waals surface area contributed by atoms with E-state index in [0.717, 1.165) is 35.0 Å². The van der Waals surface area contributed by atoms with Crippen LogP contribution in [0.4, 0.5) is 11.4 Å². The molecule has 1 saturated heterocycles. The van der Waals surface area contributed by atoms with E-state index in [9.17, 15) is 34.6 Å². The Morgan fingerprint density at radius 3 is 2.15 bits per heavy atom. The molecule has 11 nitrogen and oxygen atoms in total. The Balaban J connectivity index is 1.82. The van der Waals surface area contributed by atoms with E-state index in [-0.39, 0.29) is 16.1 Å². The molecular formula is C22H19ClN4O7. The number of hydrogen-bond donors (Lipinski definition) is 0. The highest BCUT2D eigenvalue weighted by Gasteiger charge is 2.52. The topological polar surface area (TPSA) is 144 Å². The molecule has 1 aliphatic heterocycles. The lowest BCUT2D eigenvalue weighted by atomic mass is 9.81. The summed E-state index contributed by atoms with van der Waals surface area (Å²) in [6.07, 6.45) is 2.49. The molecule has 2 aromatic rings. The highest BCUT2D eigenvalue weighted by atomic mass is 35.5. The minimum Gasteiger partial charge on any atom is -0.272 e. The second kappa shape index (κ2) is 9.18. The number of carbonyl (C=O) groups excluding carboxylic acids is 3. The van der Waals surface area contributed by atoms with E-state index in [2.05, 4.69) is 0 Å². The van der Waals surface area contributed by atoms with E-state index in [1.165, 1.54) is 30.3 Å². The van der Waals surface area contributed by atoms with Gasteiger partial charge in [-0.2, -0.15) is 5.01 Å². The van der Waals surface area contributed by atoms with Gasteiger partial charge in [0.2, 0.25) is 0 Å². The van der Waals surface area contributed by atoms with Crippen LogP contribution in [0.2, 0.25) is 5.02 Å². The van der Waals surface area contributed by atoms with Crippen molar-refractivity contribution in [3.05, 3.63) is 78.8 Å². The molecule has 0 N–H and O–H groups in total. The summed E-state index contributed by atoms with van der Waals surface area (Å²) in [6, 6.07) is 8.92. The average molecular weight is 487 g/mol. The molecule has 3 amide bonds. The Kier molecular flexibility index (Phi) is 6.29. The van der Waals surface area contributed by atoms with Crippen molar-refractivity contribution in [1.82, 2.24) is 10.0 Å². The second-order valence-electron chi connectivity index (χ2n) is 8.15. The number of nitrogens with zero attached hydrogens (tertiary/aromatic N) is 4. The van der Waals surface area contributed by atoms with Gasteiger partial charge in [0.1, 0.15) is 5.56 Å². The maximum Gasteiger partial charge on any atom is 0.282 e. The van der Waals surface area contributed by atoms with Gasteiger partial charge in [0.05, 0.1) is 33.8 Å². The van der Waals surface area contributed by atoms with Gasteiger partial charge in [-0.1, -0.05) is 36.6 Å². The first kappa shape index (κ1) is 23.3. The molecule has 0 bridgehead atoms. The Morgan fingerprint density at radius 2 is 1.56 bits per heavy atom. The molecule has 34 heavy (non-hydrogen) atoms. The maximum atomic E-state index is 13.6. The van der Waals surface area contributed by atoms with E-state index in [0.29, 0.717) is 12.8 Å². The summed E-state index contributed by atoms with van der Waals surface area (Å²) < 4.78 is 0. The first-order chi connectivity index (χ1) is 16.2. The fourth-order valence-electron chi connectivity index (χ4n) is 4.57. The third kappa shape index (κ3) is 4.10. The minimum atomic E-state index is -0.989. The zero-order chi connectivity index (χ0) is 24.6. The van der Waals surface area contributed by atoms with Crippen molar-refractivity contribution in [2.75, 3.05) is 0 Å². The van der Waals surface area contributed by atoms with E-state index in [1.54, 1.807) is 0 Å². The zero-order valence-electron chi connectivity index (χ0n) is 17.8. The van der Waals surface area contributed by atoms with E-state index in [1.807, 2.05) is 0 Å². The lowest BCUT2D eigenvalue weighted by Gasteiger charge is -2.30. The van der Waals surface area contributed by atoms with Crippen LogP contribution in [0, 0.1) is 32.1 Å². The molecule has 2 fully saturated rings. The summed E-state index contributed by atoms with van der Waals surface area (Å²) in [5, 5.41) is 24.7. The summed E-state index contributed by atoms with van der Waals surface area (Å²) in [7, 11) is 0. The van der Waals surface area contributed by atoms with Crippen LogP contribution in [0.1, 0.15) is 41.6 Å². The van der Waals surface area contributed by atoms with Crippen LogP contribution in [-0.2, 0) is 16.1 Å². The number of nitro benzene ring substituents is 2. The van der Waals surface area contributed by atoms with Gasteiger partial charge in [0, 0.05) is 17.2 Å². The van der Waals surface area contributed by atoms with Gasteiger partial charge in [-0.25, -0.2) is 5.01 Å². The number of benzene rings is 2. The van der Waals surface area contributed by atoms with Gasteiger partial charge in [-0.3, -0.25) is 34.6 Å². The van der Waals surface area contributed by atoms with Gasteiger partial charge in [-0.05, 0) is 31.0 Å². The molecule has 2 aliphatic rings. The number of rotatable bonds is 6. The molecule has 2 aromatic carbocycles. The van der Waals surface area contributed by atoms with Crippen LogP contribution in [-0.4, -0.2) is 37.6 Å². The van der Waals surface area contributed by atoms with Gasteiger partial charge in [0.25, 0.3) is 29.1 Å². The molecule has 0 spiro atoms. The molecule has 176 valence electrons. The number of amides is 3. The Morgan fingerprint density at radius 1 is 0.971 bits per heavy atom. The quantitative estimate of drug-likeness (QED) is 0.342. The van der Waals surface area contributed by atoms with Crippen molar-refractivity contribution in [3.8, 4) is 0 Å². The minimum absolute atomic E-state index is 0.0109.